The standard InChI is InChI=1S/C11H18N4O/c1-8-13-10(12)7-11(14-8)15-5-3-9(16-2)4-6-15/h7,9H,3-6H2,1-2H3,(H2,12,13,14). The lowest BCUT2D eigenvalue weighted by atomic mass is 10.1. The van der Waals surface area contributed by atoms with Crippen LogP contribution in [0.1, 0.15) is 18.7 Å². The zero-order valence-corrected chi connectivity index (χ0v) is 9.81. The first-order valence-electron chi connectivity index (χ1n) is 5.58. The second-order valence-corrected chi connectivity index (χ2v) is 4.12. The zero-order valence-electron chi connectivity index (χ0n) is 9.81. The normalized spacial score (nSPS) is 17.8. The Bertz CT molecular complexity index is 341. The van der Waals surface area contributed by atoms with Gasteiger partial charge in [0.05, 0.1) is 6.10 Å². The van der Waals surface area contributed by atoms with Gasteiger partial charge in [-0.15, -0.1) is 0 Å². The maximum absolute atomic E-state index is 5.72. The molecule has 2 N–H and O–H groups in total. The van der Waals surface area contributed by atoms with Crippen molar-refractivity contribution in [1.82, 2.24) is 9.97 Å². The fraction of sp³-hybridized carbons (Fsp3) is 0.636. The summed E-state index contributed by atoms with van der Waals surface area (Å²) in [5, 5.41) is 0. The summed E-state index contributed by atoms with van der Waals surface area (Å²) in [7, 11) is 1.77. The van der Waals surface area contributed by atoms with E-state index in [1.165, 1.54) is 0 Å². The number of aromatic nitrogens is 2. The molecule has 0 amide bonds. The maximum Gasteiger partial charge on any atom is 0.134 e. The summed E-state index contributed by atoms with van der Waals surface area (Å²) < 4.78 is 5.34. The molecule has 2 heterocycles. The van der Waals surface area contributed by atoms with E-state index in [9.17, 15) is 0 Å². The third-order valence-electron chi connectivity index (χ3n) is 2.94. The van der Waals surface area contributed by atoms with E-state index in [1.807, 2.05) is 13.0 Å². The SMILES string of the molecule is COC1CCN(c2cc(N)nc(C)n2)CC1. The van der Waals surface area contributed by atoms with Crippen molar-refractivity contribution in [2.45, 2.75) is 25.9 Å². The molecule has 0 bridgehead atoms. The summed E-state index contributed by atoms with van der Waals surface area (Å²) in [5.41, 5.74) is 5.72. The van der Waals surface area contributed by atoms with E-state index >= 15 is 0 Å². The quantitative estimate of drug-likeness (QED) is 0.808. The number of nitrogens with zero attached hydrogens (tertiary/aromatic N) is 3. The van der Waals surface area contributed by atoms with Crippen LogP contribution in [0.5, 0.6) is 0 Å². The minimum absolute atomic E-state index is 0.386. The molecule has 1 aliphatic rings. The first kappa shape index (κ1) is 11.1. The van der Waals surface area contributed by atoms with Gasteiger partial charge in [0.15, 0.2) is 0 Å². The number of piperidine rings is 1. The van der Waals surface area contributed by atoms with Gasteiger partial charge in [-0.05, 0) is 19.8 Å². The fourth-order valence-corrected chi connectivity index (χ4v) is 2.06. The molecule has 5 nitrogen and oxygen atoms in total. The lowest BCUT2D eigenvalue weighted by molar-refractivity contribution is 0.0818. The summed E-state index contributed by atoms with van der Waals surface area (Å²) in [6.07, 6.45) is 2.47. The molecule has 0 radical (unpaired) electrons. The lowest BCUT2D eigenvalue weighted by Gasteiger charge is -2.32. The minimum atomic E-state index is 0.386. The molecule has 1 saturated heterocycles. The van der Waals surface area contributed by atoms with Crippen LogP contribution in [0.25, 0.3) is 0 Å². The van der Waals surface area contributed by atoms with Gasteiger partial charge in [-0.3, -0.25) is 0 Å². The van der Waals surface area contributed by atoms with E-state index in [0.717, 1.165) is 37.6 Å². The van der Waals surface area contributed by atoms with Crippen molar-refractivity contribution in [1.29, 1.82) is 0 Å². The summed E-state index contributed by atoms with van der Waals surface area (Å²) in [5.74, 6) is 2.19. The Morgan fingerprint density at radius 1 is 1.38 bits per heavy atom. The van der Waals surface area contributed by atoms with Crippen LogP contribution >= 0.6 is 0 Å². The molecule has 1 fully saturated rings. The maximum atomic E-state index is 5.72. The highest BCUT2D eigenvalue weighted by molar-refractivity contribution is 5.47. The number of hydrogen-bond donors (Lipinski definition) is 1. The molecule has 0 saturated carbocycles. The number of aryl methyl sites for hydroxylation is 1. The summed E-state index contributed by atoms with van der Waals surface area (Å²) in [6, 6.07) is 1.83. The monoisotopic (exact) mass is 222 g/mol. The Morgan fingerprint density at radius 3 is 2.62 bits per heavy atom. The van der Waals surface area contributed by atoms with Gasteiger partial charge in [-0.25, -0.2) is 9.97 Å². The van der Waals surface area contributed by atoms with E-state index in [-0.39, 0.29) is 0 Å². The van der Waals surface area contributed by atoms with Crippen LogP contribution in [-0.4, -0.2) is 36.3 Å². The Kier molecular flexibility index (Phi) is 3.24. The predicted octanol–water partition coefficient (Wildman–Crippen LogP) is 0.982. The highest BCUT2D eigenvalue weighted by atomic mass is 16.5. The Morgan fingerprint density at radius 2 is 2.06 bits per heavy atom. The van der Waals surface area contributed by atoms with Crippen molar-refractivity contribution in [3.05, 3.63) is 11.9 Å². The second kappa shape index (κ2) is 4.65. The van der Waals surface area contributed by atoms with Crippen molar-refractivity contribution >= 4 is 11.6 Å². The number of methoxy groups -OCH3 is 1. The van der Waals surface area contributed by atoms with E-state index in [4.69, 9.17) is 10.5 Å². The fourth-order valence-electron chi connectivity index (χ4n) is 2.06. The minimum Gasteiger partial charge on any atom is -0.384 e. The second-order valence-electron chi connectivity index (χ2n) is 4.12. The lowest BCUT2D eigenvalue weighted by Crippen LogP contribution is -2.37. The Hall–Kier alpha value is -1.36. The Labute approximate surface area is 95.6 Å². The van der Waals surface area contributed by atoms with Crippen LogP contribution in [-0.2, 0) is 4.74 Å². The average molecular weight is 222 g/mol. The number of hydrogen-bond acceptors (Lipinski definition) is 5. The highest BCUT2D eigenvalue weighted by Gasteiger charge is 2.20. The molecule has 0 unspecified atom stereocenters. The molecular weight excluding hydrogens is 204 g/mol. The number of nitrogen functional groups attached to an aromatic ring is 1. The molecule has 1 aromatic rings. The summed E-state index contributed by atoms with van der Waals surface area (Å²) in [4.78, 5) is 10.7. The molecule has 5 heteroatoms. The zero-order chi connectivity index (χ0) is 11.5. The average Bonchev–Trinajstić information content (AvgIpc) is 2.28. The topological polar surface area (TPSA) is 64.3 Å². The van der Waals surface area contributed by atoms with Gasteiger partial charge in [0, 0.05) is 26.3 Å². The molecule has 0 aromatic carbocycles. The van der Waals surface area contributed by atoms with E-state index in [2.05, 4.69) is 14.9 Å². The van der Waals surface area contributed by atoms with Crippen molar-refractivity contribution in [3.63, 3.8) is 0 Å². The van der Waals surface area contributed by atoms with Crippen LogP contribution in [0, 0.1) is 6.92 Å². The third kappa shape index (κ3) is 2.41. The Balaban J connectivity index is 2.08. The van der Waals surface area contributed by atoms with Crippen molar-refractivity contribution < 1.29 is 4.74 Å². The van der Waals surface area contributed by atoms with Crippen molar-refractivity contribution in [2.75, 3.05) is 30.8 Å². The number of nitrogens with two attached hydrogens (primary N) is 1. The van der Waals surface area contributed by atoms with Gasteiger partial charge in [-0.1, -0.05) is 0 Å². The van der Waals surface area contributed by atoms with Gasteiger partial charge in [0.1, 0.15) is 17.5 Å². The molecule has 0 aliphatic carbocycles. The first-order chi connectivity index (χ1) is 7.69. The molecular formula is C11H18N4O. The smallest absolute Gasteiger partial charge is 0.134 e. The predicted molar refractivity (Wildman–Crippen MR) is 63.4 cm³/mol. The van der Waals surface area contributed by atoms with Crippen LogP contribution < -0.4 is 10.6 Å². The van der Waals surface area contributed by atoms with Crippen LogP contribution in [0.2, 0.25) is 0 Å². The summed E-state index contributed by atoms with van der Waals surface area (Å²) in [6.45, 7) is 3.80. The number of anilines is 2. The van der Waals surface area contributed by atoms with E-state index < -0.39 is 0 Å². The molecule has 0 spiro atoms. The summed E-state index contributed by atoms with van der Waals surface area (Å²) >= 11 is 0. The van der Waals surface area contributed by atoms with Gasteiger partial charge < -0.3 is 15.4 Å². The molecule has 1 aromatic heterocycles. The van der Waals surface area contributed by atoms with E-state index in [1.54, 1.807) is 7.11 Å². The first-order valence-corrected chi connectivity index (χ1v) is 5.58. The largest absolute Gasteiger partial charge is 0.384 e. The van der Waals surface area contributed by atoms with Crippen LogP contribution in [0.4, 0.5) is 11.6 Å². The van der Waals surface area contributed by atoms with Gasteiger partial charge in [0.25, 0.3) is 0 Å². The van der Waals surface area contributed by atoms with Gasteiger partial charge in [0.2, 0.25) is 0 Å². The van der Waals surface area contributed by atoms with Crippen molar-refractivity contribution in [3.8, 4) is 0 Å². The third-order valence-corrected chi connectivity index (χ3v) is 2.94. The molecule has 2 rings (SSSR count). The molecule has 1 aliphatic heterocycles. The highest BCUT2D eigenvalue weighted by Crippen LogP contribution is 2.20. The number of ether oxygens (including phenoxy) is 1. The molecule has 16 heavy (non-hydrogen) atoms. The van der Waals surface area contributed by atoms with Crippen LogP contribution in [0.3, 0.4) is 0 Å². The molecule has 88 valence electrons. The van der Waals surface area contributed by atoms with Crippen molar-refractivity contribution in [2.24, 2.45) is 0 Å². The van der Waals surface area contributed by atoms with Gasteiger partial charge >= 0.3 is 0 Å². The number of rotatable bonds is 2. The van der Waals surface area contributed by atoms with Gasteiger partial charge in [-0.2, -0.15) is 0 Å². The van der Waals surface area contributed by atoms with Crippen LogP contribution in [0.15, 0.2) is 6.07 Å². The molecule has 0 atom stereocenters. The van der Waals surface area contributed by atoms with E-state index in [0.29, 0.717) is 11.9 Å².